The van der Waals surface area contributed by atoms with Gasteiger partial charge in [-0.1, -0.05) is 36.4 Å². The second-order valence-electron chi connectivity index (χ2n) is 6.73. The summed E-state index contributed by atoms with van der Waals surface area (Å²) in [5.74, 6) is -2.85. The zero-order valence-corrected chi connectivity index (χ0v) is 14.0. The number of nitrogens with zero attached hydrogens (tertiary/aromatic N) is 1. The normalized spacial score (nSPS) is 19.8. The molecule has 26 heavy (non-hydrogen) atoms. The molecule has 2 N–H and O–H groups in total. The first-order valence-electron chi connectivity index (χ1n) is 8.40. The molecule has 1 saturated heterocycles. The van der Waals surface area contributed by atoms with E-state index in [2.05, 4.69) is 0 Å². The van der Waals surface area contributed by atoms with Crippen LogP contribution in [0, 0.1) is 0 Å². The molecule has 1 aliphatic rings. The fraction of sp³-hybridized carbons (Fsp3) is 0.250. The molecule has 4 nitrogen and oxygen atoms in total. The molecule has 2 heterocycles. The van der Waals surface area contributed by atoms with Crippen LogP contribution in [0.5, 0.6) is 0 Å². The van der Waals surface area contributed by atoms with Crippen molar-refractivity contribution in [2.45, 2.75) is 24.9 Å². The van der Waals surface area contributed by atoms with Gasteiger partial charge in [0.2, 0.25) is 5.91 Å². The standard InChI is InChI=1S/C20H18F2N2O2/c21-20(22)10-16(19(23)25)24(12-20)11-13-6-7-17-15(8-13)9-18(26-17)14-4-2-1-3-5-14/h1-9,16H,10-12H2,(H2,23,25). The summed E-state index contributed by atoms with van der Waals surface area (Å²) in [6, 6.07) is 16.3. The number of primary amides is 1. The number of hydrogen-bond donors (Lipinski definition) is 1. The van der Waals surface area contributed by atoms with Gasteiger partial charge < -0.3 is 10.2 Å². The van der Waals surface area contributed by atoms with Crippen LogP contribution in [-0.2, 0) is 11.3 Å². The molecule has 0 aliphatic carbocycles. The fourth-order valence-electron chi connectivity index (χ4n) is 3.50. The smallest absolute Gasteiger partial charge is 0.262 e. The number of halogens is 2. The molecule has 0 saturated carbocycles. The first-order chi connectivity index (χ1) is 12.4. The van der Waals surface area contributed by atoms with E-state index in [9.17, 15) is 13.6 Å². The Morgan fingerprint density at radius 3 is 2.69 bits per heavy atom. The van der Waals surface area contributed by atoms with E-state index in [0.29, 0.717) is 0 Å². The number of carbonyl (C=O) groups is 1. The number of nitrogens with two attached hydrogens (primary N) is 1. The molecule has 6 heteroatoms. The predicted molar refractivity (Wildman–Crippen MR) is 94.6 cm³/mol. The second-order valence-corrected chi connectivity index (χ2v) is 6.73. The molecule has 1 unspecified atom stereocenters. The lowest BCUT2D eigenvalue weighted by molar-refractivity contribution is -0.122. The number of rotatable bonds is 4. The van der Waals surface area contributed by atoms with Crippen molar-refractivity contribution in [3.05, 3.63) is 60.2 Å². The number of benzene rings is 2. The average Bonchev–Trinajstić information content (AvgIpc) is 3.16. The lowest BCUT2D eigenvalue weighted by atomic mass is 10.1. The van der Waals surface area contributed by atoms with Gasteiger partial charge in [-0.15, -0.1) is 0 Å². The summed E-state index contributed by atoms with van der Waals surface area (Å²) in [5.41, 5.74) is 7.83. The fourth-order valence-corrected chi connectivity index (χ4v) is 3.50. The first kappa shape index (κ1) is 16.7. The van der Waals surface area contributed by atoms with Gasteiger partial charge in [-0.05, 0) is 23.8 Å². The minimum Gasteiger partial charge on any atom is -0.456 e. The number of furan rings is 1. The Morgan fingerprint density at radius 2 is 1.96 bits per heavy atom. The van der Waals surface area contributed by atoms with Crippen LogP contribution in [0.4, 0.5) is 8.78 Å². The Bertz CT molecular complexity index is 953. The maximum atomic E-state index is 13.7. The molecule has 0 radical (unpaired) electrons. The Balaban J connectivity index is 1.60. The quantitative estimate of drug-likeness (QED) is 0.774. The number of amides is 1. The van der Waals surface area contributed by atoms with Crippen molar-refractivity contribution in [1.29, 1.82) is 0 Å². The van der Waals surface area contributed by atoms with E-state index in [4.69, 9.17) is 10.2 Å². The zero-order chi connectivity index (χ0) is 18.3. The van der Waals surface area contributed by atoms with Crippen molar-refractivity contribution in [3.8, 4) is 11.3 Å². The number of alkyl halides is 2. The Kier molecular flexibility index (Phi) is 4.00. The molecule has 1 aliphatic heterocycles. The highest BCUT2D eigenvalue weighted by atomic mass is 19.3. The summed E-state index contributed by atoms with van der Waals surface area (Å²) in [5, 5.41) is 0.892. The predicted octanol–water partition coefficient (Wildman–Crippen LogP) is 3.79. The highest BCUT2D eigenvalue weighted by Gasteiger charge is 2.47. The minimum absolute atomic E-state index is 0.241. The molecule has 2 aromatic carbocycles. The molecule has 4 rings (SSSR count). The van der Waals surface area contributed by atoms with Gasteiger partial charge in [-0.3, -0.25) is 9.69 Å². The molecule has 3 aromatic rings. The number of hydrogen-bond acceptors (Lipinski definition) is 3. The molecule has 1 fully saturated rings. The van der Waals surface area contributed by atoms with Crippen molar-refractivity contribution in [1.82, 2.24) is 4.90 Å². The lowest BCUT2D eigenvalue weighted by Gasteiger charge is -2.21. The molecular weight excluding hydrogens is 338 g/mol. The minimum atomic E-state index is -2.89. The van der Waals surface area contributed by atoms with Crippen molar-refractivity contribution >= 4 is 16.9 Å². The monoisotopic (exact) mass is 356 g/mol. The third kappa shape index (κ3) is 3.20. The Hall–Kier alpha value is -2.73. The van der Waals surface area contributed by atoms with Crippen LogP contribution >= 0.6 is 0 Å². The second kappa shape index (κ2) is 6.21. The average molecular weight is 356 g/mol. The van der Waals surface area contributed by atoms with E-state index >= 15 is 0 Å². The summed E-state index contributed by atoms with van der Waals surface area (Å²) >= 11 is 0. The van der Waals surface area contributed by atoms with E-state index in [1.165, 1.54) is 4.90 Å². The van der Waals surface area contributed by atoms with Crippen LogP contribution < -0.4 is 5.73 Å². The molecule has 134 valence electrons. The molecule has 1 aromatic heterocycles. The summed E-state index contributed by atoms with van der Waals surface area (Å²) in [7, 11) is 0. The van der Waals surface area contributed by atoms with Crippen molar-refractivity contribution < 1.29 is 18.0 Å². The largest absolute Gasteiger partial charge is 0.456 e. The van der Waals surface area contributed by atoms with Gasteiger partial charge in [0, 0.05) is 23.9 Å². The highest BCUT2D eigenvalue weighted by molar-refractivity contribution is 5.83. The van der Waals surface area contributed by atoms with Gasteiger partial charge in [0.15, 0.2) is 0 Å². The third-order valence-corrected chi connectivity index (χ3v) is 4.72. The van der Waals surface area contributed by atoms with Crippen molar-refractivity contribution in [2.24, 2.45) is 5.73 Å². The first-order valence-corrected chi connectivity index (χ1v) is 8.40. The number of fused-ring (bicyclic) bond motifs is 1. The van der Waals surface area contributed by atoms with E-state index in [0.717, 1.165) is 27.9 Å². The van der Waals surface area contributed by atoms with Gasteiger partial charge in [-0.2, -0.15) is 0 Å². The summed E-state index contributed by atoms with van der Waals surface area (Å²) in [6.07, 6.45) is -0.519. The lowest BCUT2D eigenvalue weighted by Crippen LogP contribution is -2.39. The highest BCUT2D eigenvalue weighted by Crippen LogP contribution is 2.34. The van der Waals surface area contributed by atoms with E-state index in [-0.39, 0.29) is 6.54 Å². The van der Waals surface area contributed by atoms with Crippen molar-refractivity contribution in [2.75, 3.05) is 6.54 Å². The van der Waals surface area contributed by atoms with E-state index in [1.54, 1.807) is 0 Å². The topological polar surface area (TPSA) is 59.5 Å². The number of carbonyl (C=O) groups excluding carboxylic acids is 1. The molecule has 1 atom stereocenters. The maximum Gasteiger partial charge on any atom is 0.262 e. The Labute approximate surface area is 149 Å². The van der Waals surface area contributed by atoms with Gasteiger partial charge in [0.1, 0.15) is 11.3 Å². The van der Waals surface area contributed by atoms with Gasteiger partial charge >= 0.3 is 0 Å². The van der Waals surface area contributed by atoms with Crippen LogP contribution in [0.15, 0.2) is 59.0 Å². The van der Waals surface area contributed by atoms with Crippen molar-refractivity contribution in [3.63, 3.8) is 0 Å². The van der Waals surface area contributed by atoms with Crippen LogP contribution in [0.2, 0.25) is 0 Å². The van der Waals surface area contributed by atoms with Crippen LogP contribution in [0.1, 0.15) is 12.0 Å². The third-order valence-electron chi connectivity index (χ3n) is 4.72. The van der Waals surface area contributed by atoms with Gasteiger partial charge in [0.05, 0.1) is 12.6 Å². The van der Waals surface area contributed by atoms with Gasteiger partial charge in [0.25, 0.3) is 5.92 Å². The summed E-state index contributed by atoms with van der Waals surface area (Å²) < 4.78 is 33.2. The van der Waals surface area contributed by atoms with Crippen LogP contribution in [0.3, 0.4) is 0 Å². The zero-order valence-electron chi connectivity index (χ0n) is 14.0. The van der Waals surface area contributed by atoms with Crippen LogP contribution in [0.25, 0.3) is 22.3 Å². The maximum absolute atomic E-state index is 13.7. The van der Waals surface area contributed by atoms with E-state index < -0.39 is 30.8 Å². The molecule has 0 bridgehead atoms. The molecule has 1 amide bonds. The molecule has 0 spiro atoms. The summed E-state index contributed by atoms with van der Waals surface area (Å²) in [6.45, 7) is -0.218. The summed E-state index contributed by atoms with van der Waals surface area (Å²) in [4.78, 5) is 12.9. The Morgan fingerprint density at radius 1 is 1.19 bits per heavy atom. The van der Waals surface area contributed by atoms with Crippen LogP contribution in [-0.4, -0.2) is 29.3 Å². The SMILES string of the molecule is NC(=O)C1CC(F)(F)CN1Cc1ccc2oc(-c3ccccc3)cc2c1. The molecular formula is C20H18F2N2O2. The number of likely N-dealkylation sites (tertiary alicyclic amines) is 1. The van der Waals surface area contributed by atoms with Gasteiger partial charge in [-0.25, -0.2) is 8.78 Å². The van der Waals surface area contributed by atoms with E-state index in [1.807, 2.05) is 54.6 Å².